The summed E-state index contributed by atoms with van der Waals surface area (Å²) in [6.07, 6.45) is 60.9. The first-order valence-corrected chi connectivity index (χ1v) is 28.0. The molecule has 0 bridgehead atoms. The molecule has 0 rings (SSSR count). The summed E-state index contributed by atoms with van der Waals surface area (Å²) in [6, 6.07) is -0.626. The third-order valence-corrected chi connectivity index (χ3v) is 13.1. The van der Waals surface area contributed by atoms with E-state index in [1.54, 1.807) is 6.08 Å². The second kappa shape index (κ2) is 52.2. The van der Waals surface area contributed by atoms with E-state index in [1.807, 2.05) is 6.08 Å². The fourth-order valence-electron chi connectivity index (χ4n) is 8.75. The highest BCUT2D eigenvalue weighted by Gasteiger charge is 2.18. The lowest BCUT2D eigenvalue weighted by Gasteiger charge is -2.20. The van der Waals surface area contributed by atoms with Gasteiger partial charge in [0.25, 0.3) is 0 Å². The van der Waals surface area contributed by atoms with Crippen LogP contribution in [0.1, 0.15) is 309 Å². The van der Waals surface area contributed by atoms with Gasteiger partial charge in [0.05, 0.1) is 25.4 Å². The van der Waals surface area contributed by atoms with Crippen LogP contribution in [-0.2, 0) is 14.3 Å². The summed E-state index contributed by atoms with van der Waals surface area (Å²) in [5.74, 6) is -0.0569. The topological polar surface area (TPSA) is 95.9 Å². The Bertz CT molecular complexity index is 924. The monoisotopic (exact) mass is 876 g/mol. The molecule has 0 aliphatic rings. The molecule has 6 heteroatoms. The summed E-state index contributed by atoms with van der Waals surface area (Å²) in [4.78, 5) is 24.4. The summed E-state index contributed by atoms with van der Waals surface area (Å²) in [7, 11) is 0. The van der Waals surface area contributed by atoms with E-state index >= 15 is 0 Å². The maximum Gasteiger partial charge on any atom is 0.305 e. The number of carbonyl (C=O) groups is 2. The lowest BCUT2D eigenvalue weighted by atomic mass is 10.0. The van der Waals surface area contributed by atoms with E-state index < -0.39 is 12.1 Å². The molecule has 0 aliphatic heterocycles. The molecule has 0 spiro atoms. The van der Waals surface area contributed by atoms with Crippen LogP contribution in [0.2, 0.25) is 0 Å². The van der Waals surface area contributed by atoms with Gasteiger partial charge in [0.1, 0.15) is 0 Å². The Morgan fingerprint density at radius 3 is 1.10 bits per heavy atom. The minimum atomic E-state index is -0.843. The highest BCUT2D eigenvalue weighted by molar-refractivity contribution is 5.76. The summed E-state index contributed by atoms with van der Waals surface area (Å²) in [5.41, 5.74) is 0. The van der Waals surface area contributed by atoms with Gasteiger partial charge in [-0.05, 0) is 32.1 Å². The largest absolute Gasteiger partial charge is 0.466 e. The van der Waals surface area contributed by atoms with Crippen molar-refractivity contribution < 1.29 is 24.5 Å². The van der Waals surface area contributed by atoms with E-state index in [-0.39, 0.29) is 18.5 Å². The average molecular weight is 876 g/mol. The Hall–Kier alpha value is -1.40. The maximum atomic E-state index is 12.4. The lowest BCUT2D eigenvalue weighted by molar-refractivity contribution is -0.143. The van der Waals surface area contributed by atoms with Gasteiger partial charge in [-0.25, -0.2) is 0 Å². The van der Waals surface area contributed by atoms with Crippen molar-refractivity contribution in [3.8, 4) is 0 Å². The van der Waals surface area contributed by atoms with Crippen LogP contribution in [0.25, 0.3) is 0 Å². The number of unbranched alkanes of at least 4 members (excludes halogenated alkanes) is 41. The Morgan fingerprint density at radius 2 is 0.742 bits per heavy atom. The summed E-state index contributed by atoms with van der Waals surface area (Å²) < 4.78 is 5.46. The van der Waals surface area contributed by atoms with E-state index in [0.29, 0.717) is 19.4 Å². The SMILES string of the molecule is CCCCCCCCCCCCC/C=C/C(O)C(CO)NC(=O)CCCCCCCCCCCCCCCCCCCCCCCOC(=O)CCCCCCCCCCCCC. The number of nitrogens with one attached hydrogen (secondary N) is 1. The van der Waals surface area contributed by atoms with Gasteiger partial charge in [-0.15, -0.1) is 0 Å². The molecule has 0 radical (unpaired) electrons. The molecule has 0 fully saturated rings. The zero-order valence-electron chi connectivity index (χ0n) is 41.9. The molecule has 0 aromatic carbocycles. The molecule has 0 aliphatic carbocycles. The highest BCUT2D eigenvalue weighted by atomic mass is 16.5. The normalized spacial score (nSPS) is 12.6. The maximum absolute atomic E-state index is 12.4. The van der Waals surface area contributed by atoms with Crippen molar-refractivity contribution in [1.29, 1.82) is 0 Å². The molecule has 368 valence electrons. The molecule has 62 heavy (non-hydrogen) atoms. The lowest BCUT2D eigenvalue weighted by Crippen LogP contribution is -2.45. The van der Waals surface area contributed by atoms with Gasteiger partial charge in [-0.2, -0.15) is 0 Å². The van der Waals surface area contributed by atoms with Crippen LogP contribution in [0.3, 0.4) is 0 Å². The molecular formula is C56H109NO5. The van der Waals surface area contributed by atoms with E-state index in [2.05, 4.69) is 19.2 Å². The molecule has 0 saturated heterocycles. The van der Waals surface area contributed by atoms with Crippen molar-refractivity contribution in [1.82, 2.24) is 5.32 Å². The fraction of sp³-hybridized carbons (Fsp3) is 0.929. The Kier molecular flexibility index (Phi) is 51.0. The Labute approximate surface area is 387 Å². The average Bonchev–Trinajstić information content (AvgIpc) is 3.27. The van der Waals surface area contributed by atoms with Gasteiger partial charge in [0.15, 0.2) is 0 Å². The van der Waals surface area contributed by atoms with Crippen molar-refractivity contribution in [3.05, 3.63) is 12.2 Å². The van der Waals surface area contributed by atoms with Crippen molar-refractivity contribution >= 4 is 11.9 Å². The Morgan fingerprint density at radius 1 is 0.435 bits per heavy atom. The van der Waals surface area contributed by atoms with Crippen LogP contribution in [0.4, 0.5) is 0 Å². The first-order chi connectivity index (χ1) is 30.5. The van der Waals surface area contributed by atoms with Gasteiger partial charge < -0.3 is 20.3 Å². The quantitative estimate of drug-likeness (QED) is 0.0321. The molecule has 2 atom stereocenters. The van der Waals surface area contributed by atoms with Crippen molar-refractivity contribution in [3.63, 3.8) is 0 Å². The zero-order valence-corrected chi connectivity index (χ0v) is 41.9. The van der Waals surface area contributed by atoms with Crippen LogP contribution < -0.4 is 5.32 Å². The number of aliphatic hydroxyl groups excluding tert-OH is 2. The van der Waals surface area contributed by atoms with E-state index in [9.17, 15) is 19.8 Å². The zero-order chi connectivity index (χ0) is 45.1. The second-order valence-electron chi connectivity index (χ2n) is 19.3. The predicted molar refractivity (Wildman–Crippen MR) is 269 cm³/mol. The molecular weight excluding hydrogens is 767 g/mol. The number of allylic oxidation sites excluding steroid dienone is 1. The second-order valence-corrected chi connectivity index (χ2v) is 19.3. The molecule has 0 saturated carbocycles. The standard InChI is InChI=1S/C56H109NO5/c1-3-5-7-9-11-13-15-25-29-32-36-40-44-48-54(59)53(52-58)57-55(60)49-45-41-37-33-30-26-23-21-19-17-16-18-20-22-24-27-31-35-39-43-47-51-62-56(61)50-46-42-38-34-28-14-12-10-8-6-4-2/h44,48,53-54,58-59H,3-43,45-47,49-52H2,1-2H3,(H,57,60)/b48-44+. The van der Waals surface area contributed by atoms with Crippen molar-refractivity contribution in [2.75, 3.05) is 13.2 Å². The van der Waals surface area contributed by atoms with Gasteiger partial charge >= 0.3 is 5.97 Å². The summed E-state index contributed by atoms with van der Waals surface area (Å²) >= 11 is 0. The van der Waals surface area contributed by atoms with Gasteiger partial charge in [0, 0.05) is 12.8 Å². The van der Waals surface area contributed by atoms with Crippen LogP contribution in [0.5, 0.6) is 0 Å². The molecule has 6 nitrogen and oxygen atoms in total. The molecule has 3 N–H and O–H groups in total. The van der Waals surface area contributed by atoms with Gasteiger partial charge in [0.2, 0.25) is 5.91 Å². The molecule has 0 aromatic heterocycles. The Balaban J connectivity index is 3.40. The minimum Gasteiger partial charge on any atom is -0.466 e. The van der Waals surface area contributed by atoms with Crippen LogP contribution in [0, 0.1) is 0 Å². The van der Waals surface area contributed by atoms with E-state index in [4.69, 9.17) is 4.74 Å². The molecule has 1 amide bonds. The summed E-state index contributed by atoms with van der Waals surface area (Å²) in [5, 5.41) is 23.1. The fourth-order valence-corrected chi connectivity index (χ4v) is 8.75. The molecule has 0 heterocycles. The number of aliphatic hydroxyl groups is 2. The van der Waals surface area contributed by atoms with E-state index in [1.165, 1.54) is 244 Å². The number of carbonyl (C=O) groups excluding carboxylic acids is 2. The van der Waals surface area contributed by atoms with Crippen molar-refractivity contribution in [2.45, 2.75) is 321 Å². The first kappa shape index (κ1) is 60.6. The number of esters is 1. The summed E-state index contributed by atoms with van der Waals surface area (Å²) in [6.45, 7) is 4.90. The van der Waals surface area contributed by atoms with E-state index in [0.717, 1.165) is 38.5 Å². The number of amides is 1. The number of hydrogen-bond donors (Lipinski definition) is 3. The number of hydrogen-bond acceptors (Lipinski definition) is 5. The predicted octanol–water partition coefficient (Wildman–Crippen LogP) is 16.9. The third kappa shape index (κ3) is 48.1. The van der Waals surface area contributed by atoms with Gasteiger partial charge in [-0.3, -0.25) is 9.59 Å². The van der Waals surface area contributed by atoms with Crippen LogP contribution in [-0.4, -0.2) is 47.4 Å². The number of rotatable bonds is 52. The van der Waals surface area contributed by atoms with Crippen LogP contribution in [0.15, 0.2) is 12.2 Å². The van der Waals surface area contributed by atoms with Crippen LogP contribution >= 0.6 is 0 Å². The number of ether oxygens (including phenoxy) is 1. The van der Waals surface area contributed by atoms with Crippen molar-refractivity contribution in [2.24, 2.45) is 0 Å². The molecule has 2 unspecified atom stereocenters. The third-order valence-electron chi connectivity index (χ3n) is 13.1. The first-order valence-electron chi connectivity index (χ1n) is 28.0. The molecule has 0 aromatic rings. The van der Waals surface area contributed by atoms with Gasteiger partial charge in [-0.1, -0.05) is 276 Å². The highest BCUT2D eigenvalue weighted by Crippen LogP contribution is 2.17. The smallest absolute Gasteiger partial charge is 0.305 e. The minimum absolute atomic E-state index is 0.0112.